The minimum atomic E-state index is -4.50. The number of nitrogen functional groups attached to an aromatic ring is 1. The fourth-order valence-corrected chi connectivity index (χ4v) is 2.20. The number of rotatable bonds is 2. The molecule has 3 rings (SSSR count). The van der Waals surface area contributed by atoms with E-state index < -0.39 is 11.9 Å². The zero-order chi connectivity index (χ0) is 15.7. The number of hydrogen-bond donors (Lipinski definition) is 2. The monoisotopic (exact) mass is 303 g/mol. The molecule has 3 nitrogen and oxygen atoms in total. The predicted octanol–water partition coefficient (Wildman–Crippen LogP) is 4.58. The lowest BCUT2D eigenvalue weighted by molar-refractivity contribution is -0.140. The normalized spacial score (nSPS) is 11.6. The summed E-state index contributed by atoms with van der Waals surface area (Å²) in [6.45, 7) is 0. The van der Waals surface area contributed by atoms with Gasteiger partial charge in [-0.1, -0.05) is 24.3 Å². The van der Waals surface area contributed by atoms with Crippen LogP contribution in [-0.4, -0.2) is 4.98 Å². The molecule has 0 saturated carbocycles. The van der Waals surface area contributed by atoms with Crippen LogP contribution in [0.2, 0.25) is 0 Å². The summed E-state index contributed by atoms with van der Waals surface area (Å²) in [4.78, 5) is 3.68. The molecule has 0 aliphatic heterocycles. The van der Waals surface area contributed by atoms with Crippen LogP contribution in [0, 0.1) is 0 Å². The van der Waals surface area contributed by atoms with Crippen molar-refractivity contribution < 1.29 is 13.2 Å². The number of aromatic nitrogens is 1. The number of anilines is 3. The first-order valence-corrected chi connectivity index (χ1v) is 6.53. The van der Waals surface area contributed by atoms with E-state index in [-0.39, 0.29) is 5.52 Å². The van der Waals surface area contributed by atoms with Crippen molar-refractivity contribution in [1.82, 2.24) is 4.98 Å². The number of nitrogens with two attached hydrogens (primary N) is 1. The molecule has 22 heavy (non-hydrogen) atoms. The highest BCUT2D eigenvalue weighted by Gasteiger charge is 2.33. The van der Waals surface area contributed by atoms with Crippen LogP contribution in [-0.2, 0) is 6.18 Å². The van der Waals surface area contributed by atoms with Gasteiger partial charge in [0.1, 0.15) is 5.69 Å². The van der Waals surface area contributed by atoms with Crippen molar-refractivity contribution in [1.29, 1.82) is 0 Å². The molecule has 0 saturated heterocycles. The molecule has 2 aromatic carbocycles. The lowest BCUT2D eigenvalue weighted by Crippen LogP contribution is -2.09. The molecule has 0 unspecified atom stereocenters. The van der Waals surface area contributed by atoms with Crippen LogP contribution in [0.1, 0.15) is 5.69 Å². The second kappa shape index (κ2) is 5.22. The summed E-state index contributed by atoms with van der Waals surface area (Å²) in [5, 5.41) is 3.59. The molecule has 0 aliphatic carbocycles. The van der Waals surface area contributed by atoms with E-state index in [0.29, 0.717) is 22.4 Å². The van der Waals surface area contributed by atoms with Crippen molar-refractivity contribution >= 4 is 28.0 Å². The van der Waals surface area contributed by atoms with Gasteiger partial charge in [0.15, 0.2) is 0 Å². The number of nitrogens with zero attached hydrogens (tertiary/aromatic N) is 1. The maximum absolute atomic E-state index is 13.0. The molecule has 0 radical (unpaired) electrons. The number of hydrogen-bond acceptors (Lipinski definition) is 3. The van der Waals surface area contributed by atoms with Crippen LogP contribution >= 0.6 is 0 Å². The van der Waals surface area contributed by atoms with E-state index in [0.717, 1.165) is 6.07 Å². The summed E-state index contributed by atoms with van der Waals surface area (Å²) in [6.07, 6.45) is -4.50. The maximum Gasteiger partial charge on any atom is 0.433 e. The molecule has 3 N–H and O–H groups in total. The molecule has 0 amide bonds. The maximum atomic E-state index is 13.0. The average Bonchev–Trinajstić information content (AvgIpc) is 2.46. The van der Waals surface area contributed by atoms with Gasteiger partial charge in [0.2, 0.25) is 0 Å². The van der Waals surface area contributed by atoms with Crippen molar-refractivity contribution in [2.24, 2.45) is 0 Å². The van der Waals surface area contributed by atoms with Gasteiger partial charge in [-0.2, -0.15) is 13.2 Å². The SMILES string of the molecule is Nc1cccc(Nc2cc(C(F)(F)F)nc3ccccc23)c1. The van der Waals surface area contributed by atoms with Crippen LogP contribution < -0.4 is 11.1 Å². The van der Waals surface area contributed by atoms with Gasteiger partial charge >= 0.3 is 6.18 Å². The van der Waals surface area contributed by atoms with Gasteiger partial charge in [-0.25, -0.2) is 4.98 Å². The van der Waals surface area contributed by atoms with Crippen LogP contribution in [0.25, 0.3) is 10.9 Å². The second-order valence-electron chi connectivity index (χ2n) is 4.82. The first kappa shape index (κ1) is 14.2. The number of pyridine rings is 1. The predicted molar refractivity (Wildman–Crippen MR) is 80.9 cm³/mol. The zero-order valence-electron chi connectivity index (χ0n) is 11.4. The summed E-state index contributed by atoms with van der Waals surface area (Å²) in [5.74, 6) is 0. The van der Waals surface area contributed by atoms with Crippen molar-refractivity contribution in [3.05, 3.63) is 60.3 Å². The highest BCUT2D eigenvalue weighted by atomic mass is 19.4. The third-order valence-electron chi connectivity index (χ3n) is 3.17. The third-order valence-corrected chi connectivity index (χ3v) is 3.17. The molecule has 1 heterocycles. The number of para-hydroxylation sites is 1. The van der Waals surface area contributed by atoms with Gasteiger partial charge in [-0.05, 0) is 30.3 Å². The minimum absolute atomic E-state index is 0.281. The lowest BCUT2D eigenvalue weighted by atomic mass is 10.1. The molecule has 112 valence electrons. The Morgan fingerprint density at radius 2 is 1.73 bits per heavy atom. The summed E-state index contributed by atoms with van der Waals surface area (Å²) in [5.41, 5.74) is 6.52. The first-order valence-electron chi connectivity index (χ1n) is 6.53. The lowest BCUT2D eigenvalue weighted by Gasteiger charge is -2.13. The molecule has 0 atom stereocenters. The van der Waals surface area contributed by atoms with Gasteiger partial charge in [-0.15, -0.1) is 0 Å². The summed E-state index contributed by atoms with van der Waals surface area (Å²) in [7, 11) is 0. The quantitative estimate of drug-likeness (QED) is 0.681. The molecule has 6 heteroatoms. The Kier molecular flexibility index (Phi) is 3.36. The number of fused-ring (bicyclic) bond motifs is 1. The topological polar surface area (TPSA) is 50.9 Å². The Balaban J connectivity index is 2.14. The highest BCUT2D eigenvalue weighted by Crippen LogP contribution is 2.34. The van der Waals surface area contributed by atoms with Gasteiger partial charge in [0.25, 0.3) is 0 Å². The minimum Gasteiger partial charge on any atom is -0.399 e. The van der Waals surface area contributed by atoms with Crippen LogP contribution in [0.5, 0.6) is 0 Å². The second-order valence-corrected chi connectivity index (χ2v) is 4.82. The number of halogens is 3. The van der Waals surface area contributed by atoms with E-state index in [1.165, 1.54) is 0 Å². The largest absolute Gasteiger partial charge is 0.433 e. The van der Waals surface area contributed by atoms with Gasteiger partial charge in [0, 0.05) is 16.8 Å². The molecule has 0 spiro atoms. The van der Waals surface area contributed by atoms with Crippen molar-refractivity contribution in [2.45, 2.75) is 6.18 Å². The van der Waals surface area contributed by atoms with Crippen LogP contribution in [0.3, 0.4) is 0 Å². The smallest absolute Gasteiger partial charge is 0.399 e. The first-order chi connectivity index (χ1) is 10.4. The Morgan fingerprint density at radius 3 is 2.45 bits per heavy atom. The fourth-order valence-electron chi connectivity index (χ4n) is 2.20. The van der Waals surface area contributed by atoms with Gasteiger partial charge in [0.05, 0.1) is 11.2 Å². The number of nitrogens with one attached hydrogen (secondary N) is 1. The number of benzene rings is 2. The summed E-state index contributed by atoms with van der Waals surface area (Å²) >= 11 is 0. The zero-order valence-corrected chi connectivity index (χ0v) is 11.4. The van der Waals surface area contributed by atoms with E-state index in [9.17, 15) is 13.2 Å². The van der Waals surface area contributed by atoms with E-state index in [1.54, 1.807) is 48.5 Å². The Labute approximate surface area is 124 Å². The third kappa shape index (κ3) is 2.81. The van der Waals surface area contributed by atoms with E-state index >= 15 is 0 Å². The number of alkyl halides is 3. The summed E-state index contributed by atoms with van der Waals surface area (Å²) in [6, 6.07) is 14.5. The van der Waals surface area contributed by atoms with Crippen molar-refractivity contribution in [3.8, 4) is 0 Å². The molecular formula is C16H12F3N3. The van der Waals surface area contributed by atoms with Crippen LogP contribution in [0.4, 0.5) is 30.2 Å². The average molecular weight is 303 g/mol. The standard InChI is InChI=1S/C16H12F3N3/c17-16(18,19)15-9-14(12-6-1-2-7-13(12)22-15)21-11-5-3-4-10(20)8-11/h1-9H,20H2,(H,21,22). The Hall–Kier alpha value is -2.76. The van der Waals surface area contributed by atoms with E-state index in [1.807, 2.05) is 0 Å². The summed E-state index contributed by atoms with van der Waals surface area (Å²) < 4.78 is 39.0. The molecule has 0 bridgehead atoms. The van der Waals surface area contributed by atoms with E-state index in [2.05, 4.69) is 10.3 Å². The Bertz CT molecular complexity index is 828. The fraction of sp³-hybridized carbons (Fsp3) is 0.0625. The van der Waals surface area contributed by atoms with Crippen molar-refractivity contribution in [3.63, 3.8) is 0 Å². The Morgan fingerprint density at radius 1 is 0.955 bits per heavy atom. The van der Waals surface area contributed by atoms with Gasteiger partial charge in [-0.3, -0.25) is 0 Å². The molecule has 1 aromatic heterocycles. The van der Waals surface area contributed by atoms with Crippen molar-refractivity contribution in [2.75, 3.05) is 11.1 Å². The molecule has 0 aliphatic rings. The van der Waals surface area contributed by atoms with Gasteiger partial charge < -0.3 is 11.1 Å². The highest BCUT2D eigenvalue weighted by molar-refractivity contribution is 5.93. The van der Waals surface area contributed by atoms with E-state index in [4.69, 9.17) is 5.73 Å². The van der Waals surface area contributed by atoms with Crippen LogP contribution in [0.15, 0.2) is 54.6 Å². The molecular weight excluding hydrogens is 291 g/mol. The molecule has 3 aromatic rings. The molecule has 0 fully saturated rings.